The number of hydrogen-bond donors (Lipinski definition) is 2. The molecule has 0 bridgehead atoms. The summed E-state index contributed by atoms with van der Waals surface area (Å²) in [6.45, 7) is 1.96. The van der Waals surface area contributed by atoms with Gasteiger partial charge in [0.2, 0.25) is 0 Å². The van der Waals surface area contributed by atoms with Crippen LogP contribution < -0.4 is 11.1 Å². The highest BCUT2D eigenvalue weighted by Gasteiger charge is 2.16. The molecule has 7 nitrogen and oxygen atoms in total. The Morgan fingerprint density at radius 2 is 2.19 bits per heavy atom. The monoisotopic (exact) mass is 289 g/mol. The summed E-state index contributed by atoms with van der Waals surface area (Å²) in [5, 5.41) is 13.5. The number of nitrogens with zero attached hydrogens (tertiary/aromatic N) is 1. The van der Waals surface area contributed by atoms with Crippen LogP contribution in [-0.4, -0.2) is 10.8 Å². The molecule has 3 N–H and O–H groups in total. The van der Waals surface area contributed by atoms with Crippen molar-refractivity contribution in [2.75, 3.05) is 0 Å². The molecule has 21 heavy (non-hydrogen) atoms. The van der Waals surface area contributed by atoms with Crippen LogP contribution >= 0.6 is 0 Å². The average molecular weight is 289 g/mol. The number of non-ortho nitro benzene ring substituents is 1. The average Bonchev–Trinajstić information content (AvgIpc) is 2.96. The number of hydrogen-bond acceptors (Lipinski definition) is 5. The maximum atomic E-state index is 12.0. The van der Waals surface area contributed by atoms with E-state index in [0.29, 0.717) is 11.3 Å². The van der Waals surface area contributed by atoms with Crippen LogP contribution in [0.2, 0.25) is 0 Å². The third kappa shape index (κ3) is 3.46. The lowest BCUT2D eigenvalue weighted by Gasteiger charge is -2.13. The van der Waals surface area contributed by atoms with E-state index in [0.717, 1.165) is 0 Å². The molecular formula is C14H15N3O4. The number of benzene rings is 1. The number of rotatable bonds is 5. The van der Waals surface area contributed by atoms with E-state index in [-0.39, 0.29) is 24.0 Å². The number of amides is 1. The van der Waals surface area contributed by atoms with Crippen molar-refractivity contribution in [3.8, 4) is 0 Å². The van der Waals surface area contributed by atoms with Crippen LogP contribution in [0.4, 0.5) is 5.69 Å². The second kappa shape index (κ2) is 6.19. The summed E-state index contributed by atoms with van der Waals surface area (Å²) in [5.74, 6) is 0.282. The molecule has 0 aliphatic heterocycles. The van der Waals surface area contributed by atoms with Crippen LogP contribution in [0, 0.1) is 10.1 Å². The summed E-state index contributed by atoms with van der Waals surface area (Å²) in [5.41, 5.74) is 6.04. The molecule has 1 heterocycles. The van der Waals surface area contributed by atoms with Gasteiger partial charge in [0.25, 0.3) is 11.6 Å². The molecule has 0 saturated carbocycles. The second-order valence-electron chi connectivity index (χ2n) is 4.52. The Morgan fingerprint density at radius 1 is 1.43 bits per heavy atom. The van der Waals surface area contributed by atoms with Gasteiger partial charge in [-0.05, 0) is 24.6 Å². The molecule has 1 amide bonds. The van der Waals surface area contributed by atoms with Gasteiger partial charge in [-0.15, -0.1) is 0 Å². The third-order valence-electron chi connectivity index (χ3n) is 3.02. The van der Waals surface area contributed by atoms with Crippen molar-refractivity contribution < 1.29 is 14.1 Å². The molecule has 1 unspecified atom stereocenters. The predicted molar refractivity (Wildman–Crippen MR) is 75.6 cm³/mol. The fourth-order valence-corrected chi connectivity index (χ4v) is 1.87. The lowest BCUT2D eigenvalue weighted by Crippen LogP contribution is -2.26. The van der Waals surface area contributed by atoms with Crippen molar-refractivity contribution in [1.82, 2.24) is 5.32 Å². The Bertz CT molecular complexity index is 666. The fraction of sp³-hybridized carbons (Fsp3) is 0.214. The summed E-state index contributed by atoms with van der Waals surface area (Å²) >= 11 is 0. The van der Waals surface area contributed by atoms with Gasteiger partial charge in [-0.25, -0.2) is 0 Å². The Kier molecular flexibility index (Phi) is 4.34. The molecule has 0 saturated heterocycles. The predicted octanol–water partition coefficient (Wildman–Crippen LogP) is 2.14. The van der Waals surface area contributed by atoms with Crippen molar-refractivity contribution in [3.05, 3.63) is 63.6 Å². The minimum atomic E-state index is -0.474. The third-order valence-corrected chi connectivity index (χ3v) is 3.02. The SMILES string of the molecule is CC(NC(=O)c1ccc(CN)o1)c1cccc([N+](=O)[O-])c1. The number of furan rings is 1. The second-order valence-corrected chi connectivity index (χ2v) is 4.52. The summed E-state index contributed by atoms with van der Waals surface area (Å²) in [6, 6.07) is 8.91. The van der Waals surface area contributed by atoms with Crippen LogP contribution in [0.3, 0.4) is 0 Å². The topological polar surface area (TPSA) is 111 Å². The lowest BCUT2D eigenvalue weighted by molar-refractivity contribution is -0.384. The first-order chi connectivity index (χ1) is 10.0. The van der Waals surface area contributed by atoms with Gasteiger partial charge in [0.1, 0.15) is 5.76 Å². The number of nitrogens with two attached hydrogens (primary N) is 1. The van der Waals surface area contributed by atoms with Crippen LogP contribution in [-0.2, 0) is 6.54 Å². The van der Waals surface area contributed by atoms with Crippen molar-refractivity contribution >= 4 is 11.6 Å². The first-order valence-electron chi connectivity index (χ1n) is 6.35. The van der Waals surface area contributed by atoms with Crippen LogP contribution in [0.15, 0.2) is 40.8 Å². The number of nitro benzene ring substituents is 1. The minimum Gasteiger partial charge on any atom is -0.455 e. The van der Waals surface area contributed by atoms with E-state index < -0.39 is 10.8 Å². The smallest absolute Gasteiger partial charge is 0.287 e. The van der Waals surface area contributed by atoms with E-state index in [1.54, 1.807) is 25.1 Å². The van der Waals surface area contributed by atoms with E-state index in [4.69, 9.17) is 10.2 Å². The summed E-state index contributed by atoms with van der Waals surface area (Å²) in [4.78, 5) is 22.3. The normalized spacial score (nSPS) is 11.9. The highest BCUT2D eigenvalue weighted by molar-refractivity contribution is 5.91. The molecule has 110 valence electrons. The van der Waals surface area contributed by atoms with Gasteiger partial charge in [0.05, 0.1) is 17.5 Å². The molecule has 0 aliphatic carbocycles. The summed E-state index contributed by atoms with van der Waals surface area (Å²) in [7, 11) is 0. The van der Waals surface area contributed by atoms with Gasteiger partial charge in [-0.3, -0.25) is 14.9 Å². The van der Waals surface area contributed by atoms with E-state index in [1.807, 2.05) is 0 Å². The molecule has 7 heteroatoms. The Balaban J connectivity index is 2.10. The zero-order valence-electron chi connectivity index (χ0n) is 11.4. The fourth-order valence-electron chi connectivity index (χ4n) is 1.87. The van der Waals surface area contributed by atoms with E-state index in [9.17, 15) is 14.9 Å². The number of nitro groups is 1. The van der Waals surface area contributed by atoms with E-state index in [1.165, 1.54) is 18.2 Å². The number of carbonyl (C=O) groups excluding carboxylic acids is 1. The quantitative estimate of drug-likeness (QED) is 0.647. The van der Waals surface area contributed by atoms with Gasteiger partial charge in [-0.1, -0.05) is 12.1 Å². The van der Waals surface area contributed by atoms with E-state index in [2.05, 4.69) is 5.32 Å². The molecule has 2 rings (SSSR count). The van der Waals surface area contributed by atoms with Gasteiger partial charge in [0.15, 0.2) is 5.76 Å². The molecule has 2 aromatic rings. The first kappa shape index (κ1) is 14.7. The van der Waals surface area contributed by atoms with Crippen molar-refractivity contribution in [3.63, 3.8) is 0 Å². The maximum absolute atomic E-state index is 12.0. The largest absolute Gasteiger partial charge is 0.455 e. The molecule has 1 aromatic heterocycles. The van der Waals surface area contributed by atoms with E-state index >= 15 is 0 Å². The van der Waals surface area contributed by atoms with Crippen molar-refractivity contribution in [2.24, 2.45) is 5.73 Å². The molecule has 1 atom stereocenters. The molecule has 0 aliphatic rings. The lowest BCUT2D eigenvalue weighted by atomic mass is 10.1. The molecule has 1 aromatic carbocycles. The molecule has 0 radical (unpaired) electrons. The molecule has 0 spiro atoms. The van der Waals surface area contributed by atoms with Gasteiger partial charge < -0.3 is 15.5 Å². The maximum Gasteiger partial charge on any atom is 0.287 e. The number of carbonyl (C=O) groups is 1. The summed E-state index contributed by atoms with van der Waals surface area (Å²) < 4.78 is 5.25. The van der Waals surface area contributed by atoms with Gasteiger partial charge in [0, 0.05) is 12.1 Å². The standard InChI is InChI=1S/C14H15N3O4/c1-9(10-3-2-4-11(7-10)17(19)20)16-14(18)13-6-5-12(8-15)21-13/h2-7,9H,8,15H2,1H3,(H,16,18). The van der Waals surface area contributed by atoms with Gasteiger partial charge in [-0.2, -0.15) is 0 Å². The zero-order valence-corrected chi connectivity index (χ0v) is 11.4. The Hall–Kier alpha value is -2.67. The van der Waals surface area contributed by atoms with Crippen LogP contribution in [0.1, 0.15) is 34.8 Å². The van der Waals surface area contributed by atoms with Crippen molar-refractivity contribution in [1.29, 1.82) is 0 Å². The summed E-state index contributed by atoms with van der Waals surface area (Å²) in [6.07, 6.45) is 0. The Morgan fingerprint density at radius 3 is 2.81 bits per heavy atom. The molecule has 0 fully saturated rings. The zero-order chi connectivity index (χ0) is 15.4. The van der Waals surface area contributed by atoms with Crippen molar-refractivity contribution in [2.45, 2.75) is 19.5 Å². The Labute approximate surface area is 120 Å². The first-order valence-corrected chi connectivity index (χ1v) is 6.35. The van der Waals surface area contributed by atoms with Gasteiger partial charge >= 0.3 is 0 Å². The minimum absolute atomic E-state index is 0.0167. The van der Waals surface area contributed by atoms with Crippen LogP contribution in [0.5, 0.6) is 0 Å². The highest BCUT2D eigenvalue weighted by Crippen LogP contribution is 2.19. The molecular weight excluding hydrogens is 274 g/mol. The van der Waals surface area contributed by atoms with Crippen LogP contribution in [0.25, 0.3) is 0 Å². The number of nitrogens with one attached hydrogen (secondary N) is 1. The highest BCUT2D eigenvalue weighted by atomic mass is 16.6.